The molecule has 0 saturated heterocycles. The van der Waals surface area contributed by atoms with Crippen molar-refractivity contribution in [1.82, 2.24) is 0 Å². The summed E-state index contributed by atoms with van der Waals surface area (Å²) >= 11 is 0. The molecule has 18 heavy (non-hydrogen) atoms. The van der Waals surface area contributed by atoms with Crippen molar-refractivity contribution in [2.24, 2.45) is 5.73 Å². The minimum absolute atomic E-state index is 0. The second kappa shape index (κ2) is 18.8. The molecular formula is C16H37NO. The molecule has 0 aromatic heterocycles. The standard InChI is InChI=1S/C14H29NO.C2H6.H2/c1-2-3-4-5-6-7-8-9-10-11-12-13-14(15)16;1-2;/h2-13H2,1H3,(H2,15,16);1-2H3;1H. The quantitative estimate of drug-likeness (QED) is 0.466. The van der Waals surface area contributed by atoms with Crippen LogP contribution in [0.4, 0.5) is 0 Å². The molecule has 112 valence electrons. The first-order valence-corrected chi connectivity index (χ1v) is 8.05. The van der Waals surface area contributed by atoms with Gasteiger partial charge in [0.25, 0.3) is 0 Å². The fourth-order valence-corrected chi connectivity index (χ4v) is 1.96. The first kappa shape index (κ1) is 19.8. The maximum absolute atomic E-state index is 10.5. The van der Waals surface area contributed by atoms with Gasteiger partial charge in [-0.1, -0.05) is 85.0 Å². The lowest BCUT2D eigenvalue weighted by Crippen LogP contribution is -2.09. The molecule has 0 unspecified atom stereocenters. The molecule has 0 aromatic rings. The van der Waals surface area contributed by atoms with Crippen LogP contribution in [0.15, 0.2) is 0 Å². The van der Waals surface area contributed by atoms with Crippen LogP contribution >= 0.6 is 0 Å². The monoisotopic (exact) mass is 259 g/mol. The van der Waals surface area contributed by atoms with Gasteiger partial charge in [0, 0.05) is 7.85 Å². The number of unbranched alkanes of at least 4 members (excludes halogenated alkanes) is 10. The van der Waals surface area contributed by atoms with E-state index in [4.69, 9.17) is 5.73 Å². The Balaban J connectivity index is -0.000000809. The van der Waals surface area contributed by atoms with E-state index in [0.29, 0.717) is 6.42 Å². The van der Waals surface area contributed by atoms with Crippen molar-refractivity contribution < 1.29 is 6.22 Å². The van der Waals surface area contributed by atoms with E-state index in [1.807, 2.05) is 13.8 Å². The summed E-state index contributed by atoms with van der Waals surface area (Å²) in [5.41, 5.74) is 5.07. The molecule has 0 bridgehead atoms. The fraction of sp³-hybridized carbons (Fsp3) is 0.938. The normalized spacial score (nSPS) is 9.72. The molecule has 2 N–H and O–H groups in total. The Morgan fingerprint density at radius 2 is 1.11 bits per heavy atom. The summed E-state index contributed by atoms with van der Waals surface area (Å²) in [5.74, 6) is -0.157. The molecular weight excluding hydrogens is 222 g/mol. The van der Waals surface area contributed by atoms with E-state index < -0.39 is 0 Å². The van der Waals surface area contributed by atoms with Gasteiger partial charge in [-0.3, -0.25) is 4.79 Å². The van der Waals surface area contributed by atoms with Crippen LogP contribution in [0.2, 0.25) is 0 Å². The number of rotatable bonds is 12. The maximum Gasteiger partial charge on any atom is 0.217 e. The first-order valence-electron chi connectivity index (χ1n) is 8.05. The van der Waals surface area contributed by atoms with Crippen molar-refractivity contribution in [3.05, 3.63) is 0 Å². The SMILES string of the molecule is CC.CCCCCCCCCCCCCC(N)=O.[HH]. The Bertz CT molecular complexity index is 163. The minimum Gasteiger partial charge on any atom is -0.370 e. The molecule has 0 saturated carbocycles. The highest BCUT2D eigenvalue weighted by molar-refractivity contribution is 5.73. The number of carbonyl (C=O) groups excluding carboxylic acids is 1. The second-order valence-corrected chi connectivity index (χ2v) is 4.75. The maximum atomic E-state index is 10.5. The predicted molar refractivity (Wildman–Crippen MR) is 83.7 cm³/mol. The number of amides is 1. The van der Waals surface area contributed by atoms with Gasteiger partial charge in [0.05, 0.1) is 0 Å². The summed E-state index contributed by atoms with van der Waals surface area (Å²) in [6.07, 6.45) is 15.0. The zero-order valence-electron chi connectivity index (χ0n) is 13.0. The summed E-state index contributed by atoms with van der Waals surface area (Å²) in [6, 6.07) is 0. The Morgan fingerprint density at radius 1 is 0.778 bits per heavy atom. The van der Waals surface area contributed by atoms with Crippen molar-refractivity contribution in [2.45, 2.75) is 97.8 Å². The summed E-state index contributed by atoms with van der Waals surface area (Å²) in [4.78, 5) is 10.5. The van der Waals surface area contributed by atoms with Gasteiger partial charge in [-0.2, -0.15) is 0 Å². The molecule has 0 aliphatic carbocycles. The number of nitrogens with two attached hydrogens (primary N) is 1. The average Bonchev–Trinajstić information content (AvgIpc) is 2.38. The van der Waals surface area contributed by atoms with Gasteiger partial charge in [0.1, 0.15) is 0 Å². The third-order valence-electron chi connectivity index (χ3n) is 3.03. The van der Waals surface area contributed by atoms with Crippen molar-refractivity contribution in [2.75, 3.05) is 0 Å². The molecule has 0 radical (unpaired) electrons. The zero-order chi connectivity index (χ0) is 14.1. The highest BCUT2D eigenvalue weighted by Gasteiger charge is 1.95. The summed E-state index contributed by atoms with van der Waals surface area (Å²) in [6.45, 7) is 6.26. The van der Waals surface area contributed by atoms with Crippen LogP contribution in [0.3, 0.4) is 0 Å². The molecule has 0 atom stereocenters. The topological polar surface area (TPSA) is 43.1 Å². The van der Waals surface area contributed by atoms with Gasteiger partial charge in [-0.15, -0.1) is 0 Å². The number of primary amides is 1. The number of carbonyl (C=O) groups is 1. The van der Waals surface area contributed by atoms with Crippen LogP contribution in [-0.2, 0) is 4.79 Å². The fourth-order valence-electron chi connectivity index (χ4n) is 1.96. The number of hydrogen-bond acceptors (Lipinski definition) is 1. The van der Waals surface area contributed by atoms with Gasteiger partial charge in [0.15, 0.2) is 0 Å². The largest absolute Gasteiger partial charge is 0.370 e. The van der Waals surface area contributed by atoms with Crippen LogP contribution in [-0.4, -0.2) is 5.91 Å². The molecule has 0 heterocycles. The minimum atomic E-state index is -0.157. The van der Waals surface area contributed by atoms with E-state index in [0.717, 1.165) is 6.42 Å². The van der Waals surface area contributed by atoms with E-state index in [2.05, 4.69) is 6.92 Å². The van der Waals surface area contributed by atoms with Crippen LogP contribution in [0.1, 0.15) is 99.2 Å². The lowest BCUT2D eigenvalue weighted by Gasteiger charge is -2.01. The van der Waals surface area contributed by atoms with Gasteiger partial charge in [-0.25, -0.2) is 0 Å². The smallest absolute Gasteiger partial charge is 0.217 e. The lowest BCUT2D eigenvalue weighted by molar-refractivity contribution is -0.118. The first-order chi connectivity index (χ1) is 8.77. The predicted octanol–water partition coefficient (Wildman–Crippen LogP) is 5.45. The van der Waals surface area contributed by atoms with Crippen LogP contribution < -0.4 is 5.73 Å². The van der Waals surface area contributed by atoms with E-state index >= 15 is 0 Å². The van der Waals surface area contributed by atoms with Gasteiger partial charge >= 0.3 is 0 Å². The summed E-state index contributed by atoms with van der Waals surface area (Å²) in [7, 11) is 0. The molecule has 2 nitrogen and oxygen atoms in total. The Hall–Kier alpha value is -0.530. The van der Waals surface area contributed by atoms with Crippen LogP contribution in [0, 0.1) is 0 Å². The van der Waals surface area contributed by atoms with E-state index in [1.165, 1.54) is 64.2 Å². The van der Waals surface area contributed by atoms with Gasteiger partial charge in [-0.05, 0) is 6.42 Å². The van der Waals surface area contributed by atoms with Crippen molar-refractivity contribution in [1.29, 1.82) is 0 Å². The van der Waals surface area contributed by atoms with E-state index in [1.54, 1.807) is 0 Å². The Kier molecular flexibility index (Phi) is 20.7. The lowest BCUT2D eigenvalue weighted by atomic mass is 10.1. The highest BCUT2D eigenvalue weighted by atomic mass is 16.1. The molecule has 1 amide bonds. The van der Waals surface area contributed by atoms with Crippen molar-refractivity contribution >= 4 is 5.91 Å². The third kappa shape index (κ3) is 20.8. The zero-order valence-corrected chi connectivity index (χ0v) is 13.0. The molecule has 0 aromatic carbocycles. The molecule has 2 heteroatoms. The summed E-state index contributed by atoms with van der Waals surface area (Å²) < 4.78 is 0. The number of hydrogen-bond donors (Lipinski definition) is 1. The van der Waals surface area contributed by atoms with Crippen LogP contribution in [0.5, 0.6) is 0 Å². The molecule has 0 rings (SSSR count). The van der Waals surface area contributed by atoms with Crippen molar-refractivity contribution in [3.8, 4) is 0 Å². The third-order valence-corrected chi connectivity index (χ3v) is 3.03. The van der Waals surface area contributed by atoms with E-state index in [9.17, 15) is 4.79 Å². The summed E-state index contributed by atoms with van der Waals surface area (Å²) in [5, 5.41) is 0. The van der Waals surface area contributed by atoms with Crippen molar-refractivity contribution in [3.63, 3.8) is 0 Å². The van der Waals surface area contributed by atoms with Gasteiger partial charge in [0.2, 0.25) is 5.91 Å². The Morgan fingerprint density at radius 3 is 1.44 bits per heavy atom. The van der Waals surface area contributed by atoms with Gasteiger partial charge < -0.3 is 5.73 Å². The Labute approximate surface area is 116 Å². The molecule has 0 fully saturated rings. The molecule has 0 spiro atoms. The molecule has 0 aliphatic heterocycles. The van der Waals surface area contributed by atoms with E-state index in [-0.39, 0.29) is 7.33 Å². The highest BCUT2D eigenvalue weighted by Crippen LogP contribution is 2.11. The average molecular weight is 259 g/mol. The second-order valence-electron chi connectivity index (χ2n) is 4.75. The molecule has 0 aliphatic rings. The van der Waals surface area contributed by atoms with Crippen LogP contribution in [0.25, 0.3) is 0 Å².